The van der Waals surface area contributed by atoms with Gasteiger partial charge in [0.2, 0.25) is 0 Å². The first-order valence-corrected chi connectivity index (χ1v) is 5.81. The maximum Gasteiger partial charge on any atom is 0.356 e. The van der Waals surface area contributed by atoms with Gasteiger partial charge in [-0.15, -0.1) is 0 Å². The van der Waals surface area contributed by atoms with Gasteiger partial charge in [0.15, 0.2) is 5.71 Å². The van der Waals surface area contributed by atoms with Crippen LogP contribution in [0.4, 0.5) is 0 Å². The van der Waals surface area contributed by atoms with E-state index in [0.29, 0.717) is 18.5 Å². The van der Waals surface area contributed by atoms with Crippen molar-refractivity contribution in [1.82, 2.24) is 5.32 Å². The molecule has 0 aromatic rings. The Hall–Kier alpha value is -1.10. The van der Waals surface area contributed by atoms with Gasteiger partial charge >= 0.3 is 5.97 Å². The lowest BCUT2D eigenvalue weighted by atomic mass is 9.78. The molecule has 90 valence electrons. The topological polar surface area (TPSA) is 70.9 Å². The summed E-state index contributed by atoms with van der Waals surface area (Å²) in [7, 11) is 1.31. The summed E-state index contributed by atoms with van der Waals surface area (Å²) in [5.74, 6) is -0.0953. The zero-order valence-corrected chi connectivity index (χ0v) is 9.48. The molecule has 1 heterocycles. The van der Waals surface area contributed by atoms with Crippen molar-refractivity contribution in [3.63, 3.8) is 0 Å². The highest BCUT2D eigenvalue weighted by Crippen LogP contribution is 2.35. The Morgan fingerprint density at radius 2 is 2.19 bits per heavy atom. The number of nitrogens with zero attached hydrogens (tertiary/aromatic N) is 1. The van der Waals surface area contributed by atoms with E-state index in [2.05, 4.69) is 15.2 Å². The molecule has 1 saturated carbocycles. The predicted octanol–water partition coefficient (Wildman–Crippen LogP) is 0.768. The zero-order valence-electron chi connectivity index (χ0n) is 9.48. The Labute approximate surface area is 94.8 Å². The molecule has 1 aliphatic heterocycles. The number of carbonyl (C=O) groups excluding carboxylic acids is 1. The molecular formula is C11H18N2O3. The van der Waals surface area contributed by atoms with Crippen molar-refractivity contribution in [1.29, 1.82) is 0 Å². The molecule has 5 heteroatoms. The molecule has 3 atom stereocenters. The fourth-order valence-electron chi connectivity index (χ4n) is 2.99. The number of fused-ring (bicyclic) bond motifs is 1. The number of nitrogens with one attached hydrogen (secondary N) is 1. The van der Waals surface area contributed by atoms with Gasteiger partial charge < -0.3 is 15.3 Å². The van der Waals surface area contributed by atoms with Gasteiger partial charge in [0, 0.05) is 18.5 Å². The third-order valence-electron chi connectivity index (χ3n) is 3.79. The summed E-state index contributed by atoms with van der Waals surface area (Å²) in [5.41, 5.74) is 0.171. The third kappa shape index (κ3) is 1.91. The highest BCUT2D eigenvalue weighted by molar-refractivity contribution is 6.37. The first-order valence-electron chi connectivity index (χ1n) is 5.81. The highest BCUT2D eigenvalue weighted by Gasteiger charge is 2.42. The third-order valence-corrected chi connectivity index (χ3v) is 3.79. The van der Waals surface area contributed by atoms with Crippen molar-refractivity contribution in [2.45, 2.75) is 31.7 Å². The molecule has 2 fully saturated rings. The largest absolute Gasteiger partial charge is 0.464 e. The van der Waals surface area contributed by atoms with Crippen LogP contribution in [0.5, 0.6) is 0 Å². The number of esters is 1. The van der Waals surface area contributed by atoms with E-state index in [1.54, 1.807) is 0 Å². The van der Waals surface area contributed by atoms with Gasteiger partial charge in [0.25, 0.3) is 0 Å². The summed E-state index contributed by atoms with van der Waals surface area (Å²) in [6.07, 6.45) is 4.68. The number of hydrogen-bond donors (Lipinski definition) is 2. The van der Waals surface area contributed by atoms with E-state index in [1.807, 2.05) is 0 Å². The Morgan fingerprint density at radius 1 is 1.44 bits per heavy atom. The predicted molar refractivity (Wildman–Crippen MR) is 58.5 cm³/mol. The normalized spacial score (nSPS) is 34.6. The van der Waals surface area contributed by atoms with Gasteiger partial charge in [-0.25, -0.2) is 4.79 Å². The second-order valence-electron chi connectivity index (χ2n) is 4.55. The molecule has 0 aromatic carbocycles. The molecule has 0 amide bonds. The Morgan fingerprint density at radius 3 is 2.88 bits per heavy atom. The number of methoxy groups -OCH3 is 1. The molecule has 16 heavy (non-hydrogen) atoms. The summed E-state index contributed by atoms with van der Waals surface area (Å²) < 4.78 is 4.64. The average Bonchev–Trinajstić information content (AvgIpc) is 2.74. The summed E-state index contributed by atoms with van der Waals surface area (Å²) in [6.45, 7) is 0.712. The van der Waals surface area contributed by atoms with Crippen molar-refractivity contribution in [2.24, 2.45) is 17.0 Å². The smallest absolute Gasteiger partial charge is 0.356 e. The van der Waals surface area contributed by atoms with E-state index < -0.39 is 5.97 Å². The van der Waals surface area contributed by atoms with Crippen LogP contribution in [0.3, 0.4) is 0 Å². The van der Waals surface area contributed by atoms with Gasteiger partial charge in [-0.1, -0.05) is 18.0 Å². The van der Waals surface area contributed by atoms with Gasteiger partial charge in [-0.2, -0.15) is 0 Å². The van der Waals surface area contributed by atoms with Crippen LogP contribution in [0.1, 0.15) is 25.7 Å². The summed E-state index contributed by atoms with van der Waals surface area (Å²) in [4.78, 5) is 11.5. The Kier molecular flexibility index (Phi) is 3.43. The monoisotopic (exact) mass is 226 g/mol. The van der Waals surface area contributed by atoms with Crippen LogP contribution in [0, 0.1) is 11.8 Å². The minimum Gasteiger partial charge on any atom is -0.464 e. The van der Waals surface area contributed by atoms with Crippen LogP contribution in [-0.2, 0) is 9.53 Å². The molecule has 1 aliphatic carbocycles. The number of carbonyl (C=O) groups is 1. The van der Waals surface area contributed by atoms with Gasteiger partial charge in [-0.05, 0) is 18.8 Å². The van der Waals surface area contributed by atoms with E-state index in [-0.39, 0.29) is 11.6 Å². The SMILES string of the molecule is COC(=O)C(=NO)C1CNC2CCCCC21. The lowest BCUT2D eigenvalue weighted by Crippen LogP contribution is -2.34. The molecular weight excluding hydrogens is 208 g/mol. The second kappa shape index (κ2) is 4.82. The van der Waals surface area contributed by atoms with E-state index in [9.17, 15) is 4.79 Å². The molecule has 0 bridgehead atoms. The molecule has 0 spiro atoms. The maximum absolute atomic E-state index is 11.5. The highest BCUT2D eigenvalue weighted by atomic mass is 16.5. The Bertz CT molecular complexity index is 304. The number of rotatable bonds is 2. The number of oxime groups is 1. The minimum absolute atomic E-state index is 0.00255. The molecule has 5 nitrogen and oxygen atoms in total. The van der Waals surface area contributed by atoms with Gasteiger partial charge in [0.05, 0.1) is 7.11 Å². The van der Waals surface area contributed by atoms with Crippen molar-refractivity contribution < 1.29 is 14.7 Å². The summed E-state index contributed by atoms with van der Waals surface area (Å²) >= 11 is 0. The van der Waals surface area contributed by atoms with Crippen LogP contribution < -0.4 is 5.32 Å². The van der Waals surface area contributed by atoms with Crippen LogP contribution in [0.2, 0.25) is 0 Å². The molecule has 0 aromatic heterocycles. The quantitative estimate of drug-likeness (QED) is 0.316. The second-order valence-corrected chi connectivity index (χ2v) is 4.55. The molecule has 0 radical (unpaired) electrons. The van der Waals surface area contributed by atoms with Crippen molar-refractivity contribution in [2.75, 3.05) is 13.7 Å². The molecule has 2 aliphatic rings. The fourth-order valence-corrected chi connectivity index (χ4v) is 2.99. The van der Waals surface area contributed by atoms with Crippen LogP contribution in [0.25, 0.3) is 0 Å². The van der Waals surface area contributed by atoms with E-state index >= 15 is 0 Å². The first-order chi connectivity index (χ1) is 7.77. The molecule has 3 unspecified atom stereocenters. The van der Waals surface area contributed by atoms with Crippen molar-refractivity contribution in [3.05, 3.63) is 0 Å². The number of ether oxygens (including phenoxy) is 1. The molecule has 2 N–H and O–H groups in total. The lowest BCUT2D eigenvalue weighted by Gasteiger charge is -2.27. The van der Waals surface area contributed by atoms with Crippen LogP contribution >= 0.6 is 0 Å². The summed E-state index contributed by atoms with van der Waals surface area (Å²) in [6, 6.07) is 0.472. The lowest BCUT2D eigenvalue weighted by molar-refractivity contribution is -0.133. The van der Waals surface area contributed by atoms with Crippen LogP contribution in [-0.4, -0.2) is 36.6 Å². The average molecular weight is 226 g/mol. The molecule has 1 saturated heterocycles. The summed E-state index contributed by atoms with van der Waals surface area (Å²) in [5, 5.41) is 15.5. The zero-order chi connectivity index (χ0) is 11.5. The van der Waals surface area contributed by atoms with Crippen molar-refractivity contribution in [3.8, 4) is 0 Å². The van der Waals surface area contributed by atoms with Gasteiger partial charge in [-0.3, -0.25) is 0 Å². The Balaban J connectivity index is 2.12. The minimum atomic E-state index is -0.513. The van der Waals surface area contributed by atoms with Crippen molar-refractivity contribution >= 4 is 11.7 Å². The first kappa shape index (κ1) is 11.4. The van der Waals surface area contributed by atoms with Gasteiger partial charge in [0.1, 0.15) is 0 Å². The molecule has 2 rings (SSSR count). The fraction of sp³-hybridized carbons (Fsp3) is 0.818. The standard InChI is InChI=1S/C11H18N2O3/c1-16-11(14)10(13-15)8-6-12-9-5-3-2-4-7(8)9/h7-9,12,15H,2-6H2,1H3. The van der Waals surface area contributed by atoms with E-state index in [1.165, 1.54) is 20.0 Å². The maximum atomic E-state index is 11.5. The van der Waals surface area contributed by atoms with Crippen LogP contribution in [0.15, 0.2) is 5.16 Å². The number of hydrogen-bond acceptors (Lipinski definition) is 5. The van der Waals surface area contributed by atoms with E-state index in [0.717, 1.165) is 12.8 Å². The van der Waals surface area contributed by atoms with E-state index in [4.69, 9.17) is 5.21 Å².